The van der Waals surface area contributed by atoms with Gasteiger partial charge in [0.15, 0.2) is 6.61 Å². The number of carbonyl (C=O) groups excluding carboxylic acids is 1. The van der Waals surface area contributed by atoms with Crippen molar-refractivity contribution in [2.75, 3.05) is 6.61 Å². The fourth-order valence-corrected chi connectivity index (χ4v) is 3.15. The molecule has 0 radical (unpaired) electrons. The Kier molecular flexibility index (Phi) is 5.75. The number of amides is 1. The monoisotopic (exact) mass is 432 g/mol. The van der Waals surface area contributed by atoms with E-state index in [-0.39, 0.29) is 12.4 Å². The van der Waals surface area contributed by atoms with Crippen LogP contribution in [0.3, 0.4) is 0 Å². The molecule has 1 amide bonds. The Morgan fingerprint density at radius 3 is 2.85 bits per heavy atom. The number of phenolic OH excluding ortho intramolecular Hbond substituents is 1. The summed E-state index contributed by atoms with van der Waals surface area (Å²) in [5.41, 5.74) is 2.91. The minimum Gasteiger partial charge on any atom is -0.507 e. The van der Waals surface area contributed by atoms with Gasteiger partial charge in [0, 0.05) is 10.6 Å². The van der Waals surface area contributed by atoms with E-state index in [1.807, 2.05) is 30.3 Å². The Balaban J connectivity index is 1.64. The first-order valence-electron chi connectivity index (χ1n) is 7.65. The molecule has 0 saturated heterocycles. The minimum absolute atomic E-state index is 0.0862. The van der Waals surface area contributed by atoms with Gasteiger partial charge < -0.3 is 9.84 Å². The third kappa shape index (κ3) is 4.33. The van der Waals surface area contributed by atoms with Crippen LogP contribution in [0, 0.1) is 0 Å². The van der Waals surface area contributed by atoms with Crippen molar-refractivity contribution in [3.8, 4) is 11.5 Å². The molecule has 0 saturated carbocycles. The Bertz CT molecular complexity index is 992. The van der Waals surface area contributed by atoms with Crippen LogP contribution in [0.1, 0.15) is 5.56 Å². The van der Waals surface area contributed by atoms with Crippen LogP contribution >= 0.6 is 27.5 Å². The lowest BCUT2D eigenvalue weighted by molar-refractivity contribution is -0.123. The van der Waals surface area contributed by atoms with Gasteiger partial charge in [-0.3, -0.25) is 4.79 Å². The van der Waals surface area contributed by atoms with Gasteiger partial charge in [-0.2, -0.15) is 5.10 Å². The van der Waals surface area contributed by atoms with Gasteiger partial charge >= 0.3 is 0 Å². The Morgan fingerprint density at radius 1 is 1.23 bits per heavy atom. The number of hydrogen-bond donors (Lipinski definition) is 2. The van der Waals surface area contributed by atoms with Crippen LogP contribution in [0.2, 0.25) is 5.02 Å². The third-order valence-electron chi connectivity index (χ3n) is 3.58. The molecule has 3 aromatic rings. The van der Waals surface area contributed by atoms with Crippen molar-refractivity contribution < 1.29 is 14.6 Å². The van der Waals surface area contributed by atoms with Crippen molar-refractivity contribution in [1.29, 1.82) is 0 Å². The summed E-state index contributed by atoms with van der Waals surface area (Å²) in [6, 6.07) is 16.0. The van der Waals surface area contributed by atoms with Crippen molar-refractivity contribution in [2.45, 2.75) is 0 Å². The van der Waals surface area contributed by atoms with Crippen molar-refractivity contribution in [1.82, 2.24) is 5.43 Å². The number of ether oxygens (including phenoxy) is 1. The highest BCUT2D eigenvalue weighted by molar-refractivity contribution is 9.10. The first-order chi connectivity index (χ1) is 12.5. The Labute approximate surface area is 163 Å². The summed E-state index contributed by atoms with van der Waals surface area (Å²) in [6.07, 6.45) is 1.41. The topological polar surface area (TPSA) is 70.9 Å². The lowest BCUT2D eigenvalue weighted by Gasteiger charge is -2.07. The molecule has 26 heavy (non-hydrogen) atoms. The van der Waals surface area contributed by atoms with E-state index in [0.29, 0.717) is 20.8 Å². The van der Waals surface area contributed by atoms with E-state index >= 15 is 0 Å². The van der Waals surface area contributed by atoms with E-state index in [4.69, 9.17) is 16.3 Å². The number of fused-ring (bicyclic) bond motifs is 1. The van der Waals surface area contributed by atoms with Crippen molar-refractivity contribution in [3.63, 3.8) is 0 Å². The summed E-state index contributed by atoms with van der Waals surface area (Å²) in [5, 5.41) is 16.3. The molecule has 0 aromatic heterocycles. The van der Waals surface area contributed by atoms with Crippen LogP contribution in [-0.2, 0) is 4.79 Å². The predicted molar refractivity (Wildman–Crippen MR) is 106 cm³/mol. The van der Waals surface area contributed by atoms with Crippen LogP contribution in [0.4, 0.5) is 0 Å². The first-order valence-corrected chi connectivity index (χ1v) is 8.82. The second-order valence-corrected chi connectivity index (χ2v) is 6.67. The molecule has 7 heteroatoms. The molecule has 0 heterocycles. The molecule has 3 aromatic carbocycles. The zero-order valence-corrected chi connectivity index (χ0v) is 15.8. The van der Waals surface area contributed by atoms with Crippen molar-refractivity contribution in [2.24, 2.45) is 5.10 Å². The quantitative estimate of drug-likeness (QED) is 0.460. The fraction of sp³-hybridized carbons (Fsp3) is 0.0526. The molecule has 3 rings (SSSR count). The average molecular weight is 434 g/mol. The molecule has 0 bridgehead atoms. The summed E-state index contributed by atoms with van der Waals surface area (Å²) in [6.45, 7) is -0.209. The molecule has 132 valence electrons. The SMILES string of the molecule is O=C(COc1ccc(Cl)cc1Br)NN=Cc1c(O)ccc2ccccc12. The average Bonchev–Trinajstić information content (AvgIpc) is 2.63. The maximum Gasteiger partial charge on any atom is 0.277 e. The maximum atomic E-state index is 11.9. The van der Waals surface area contributed by atoms with Crippen molar-refractivity contribution >= 4 is 50.4 Å². The number of rotatable bonds is 5. The highest BCUT2D eigenvalue weighted by Gasteiger charge is 2.07. The molecular weight excluding hydrogens is 420 g/mol. The second kappa shape index (κ2) is 8.21. The first kappa shape index (κ1) is 18.2. The van der Waals surface area contributed by atoms with Gasteiger partial charge in [-0.25, -0.2) is 5.43 Å². The van der Waals surface area contributed by atoms with Gasteiger partial charge in [0.2, 0.25) is 0 Å². The lowest BCUT2D eigenvalue weighted by Crippen LogP contribution is -2.24. The number of nitrogens with one attached hydrogen (secondary N) is 1. The molecule has 2 N–H and O–H groups in total. The van der Waals surface area contributed by atoms with Gasteiger partial charge in [0.05, 0.1) is 10.7 Å². The van der Waals surface area contributed by atoms with E-state index in [2.05, 4.69) is 26.5 Å². The Morgan fingerprint density at radius 2 is 2.04 bits per heavy atom. The lowest BCUT2D eigenvalue weighted by atomic mass is 10.0. The van der Waals surface area contributed by atoms with Crippen molar-refractivity contribution in [3.05, 3.63) is 69.7 Å². The fourth-order valence-electron chi connectivity index (χ4n) is 2.36. The van der Waals surface area contributed by atoms with Crippen LogP contribution in [-0.4, -0.2) is 23.8 Å². The Hall–Kier alpha value is -2.57. The minimum atomic E-state index is -0.428. The number of aromatic hydroxyl groups is 1. The third-order valence-corrected chi connectivity index (χ3v) is 4.44. The number of benzene rings is 3. The van der Waals surface area contributed by atoms with E-state index in [0.717, 1.165) is 10.8 Å². The molecular formula is C19H14BrClN2O3. The second-order valence-electron chi connectivity index (χ2n) is 5.38. The summed E-state index contributed by atoms with van der Waals surface area (Å²) in [7, 11) is 0. The molecule has 0 aliphatic rings. The number of halogens is 2. The number of hydrazone groups is 1. The van der Waals surface area contributed by atoms with Crippen LogP contribution in [0.5, 0.6) is 11.5 Å². The molecule has 0 fully saturated rings. The largest absolute Gasteiger partial charge is 0.507 e. The number of phenols is 1. The van der Waals surface area contributed by atoms with Gasteiger partial charge in [-0.15, -0.1) is 0 Å². The summed E-state index contributed by atoms with van der Waals surface area (Å²) >= 11 is 9.17. The van der Waals surface area contributed by atoms with Crippen LogP contribution in [0.25, 0.3) is 10.8 Å². The standard InChI is InChI=1S/C19H14BrClN2O3/c20-16-9-13(21)6-8-18(16)26-11-19(25)23-22-10-15-14-4-2-1-3-12(14)5-7-17(15)24/h1-10,24H,11H2,(H,23,25). The normalized spacial score (nSPS) is 11.0. The number of carbonyl (C=O) groups is 1. The van der Waals surface area contributed by atoms with Gasteiger partial charge in [-0.05, 0) is 51.0 Å². The molecule has 0 spiro atoms. The number of nitrogens with zero attached hydrogens (tertiary/aromatic N) is 1. The maximum absolute atomic E-state index is 11.9. The van der Waals surface area contributed by atoms with Gasteiger partial charge in [0.1, 0.15) is 11.5 Å². The summed E-state index contributed by atoms with van der Waals surface area (Å²) in [4.78, 5) is 11.9. The summed E-state index contributed by atoms with van der Waals surface area (Å²) in [5.74, 6) is 0.158. The van der Waals surface area contributed by atoms with E-state index in [1.165, 1.54) is 6.21 Å². The van der Waals surface area contributed by atoms with E-state index in [1.54, 1.807) is 24.3 Å². The number of hydrogen-bond acceptors (Lipinski definition) is 4. The van der Waals surface area contributed by atoms with E-state index < -0.39 is 5.91 Å². The molecule has 5 nitrogen and oxygen atoms in total. The van der Waals surface area contributed by atoms with E-state index in [9.17, 15) is 9.90 Å². The highest BCUT2D eigenvalue weighted by Crippen LogP contribution is 2.28. The van der Waals surface area contributed by atoms with Gasteiger partial charge in [0.25, 0.3) is 5.91 Å². The smallest absolute Gasteiger partial charge is 0.277 e. The van der Waals surface area contributed by atoms with Gasteiger partial charge in [-0.1, -0.05) is 41.9 Å². The van der Waals surface area contributed by atoms with Crippen LogP contribution in [0.15, 0.2) is 64.2 Å². The summed E-state index contributed by atoms with van der Waals surface area (Å²) < 4.78 is 6.06. The van der Waals surface area contributed by atoms with Crippen LogP contribution < -0.4 is 10.2 Å². The molecule has 0 aliphatic carbocycles. The molecule has 0 atom stereocenters. The molecule has 0 aliphatic heterocycles. The molecule has 0 unspecified atom stereocenters. The zero-order chi connectivity index (χ0) is 18.5. The zero-order valence-electron chi connectivity index (χ0n) is 13.4. The highest BCUT2D eigenvalue weighted by atomic mass is 79.9. The predicted octanol–water partition coefficient (Wildman–Crippen LogP) is 4.49.